The smallest absolute Gasteiger partial charge is 0.141 e. The molecular formula is C11H14N2. The predicted octanol–water partition coefficient (Wildman–Crippen LogP) is 2.69. The molecular weight excluding hydrogens is 160 g/mol. The SMILES string of the molecule is Cc1cc(C#N)nc(C)c1C(C)C. The van der Waals surface area contributed by atoms with E-state index in [1.165, 1.54) is 11.1 Å². The van der Waals surface area contributed by atoms with Crippen molar-refractivity contribution in [3.05, 3.63) is 28.6 Å². The predicted molar refractivity (Wildman–Crippen MR) is 52.5 cm³/mol. The van der Waals surface area contributed by atoms with E-state index in [2.05, 4.69) is 24.9 Å². The molecule has 0 saturated carbocycles. The number of pyridine rings is 1. The molecule has 0 N–H and O–H groups in total. The molecule has 0 fully saturated rings. The van der Waals surface area contributed by atoms with E-state index in [0.717, 1.165) is 5.69 Å². The minimum atomic E-state index is 0.472. The summed E-state index contributed by atoms with van der Waals surface area (Å²) in [6.45, 7) is 8.28. The first-order valence-corrected chi connectivity index (χ1v) is 4.44. The zero-order valence-corrected chi connectivity index (χ0v) is 8.55. The molecule has 0 aliphatic rings. The van der Waals surface area contributed by atoms with Crippen LogP contribution in [-0.4, -0.2) is 4.98 Å². The summed E-state index contributed by atoms with van der Waals surface area (Å²) in [7, 11) is 0. The van der Waals surface area contributed by atoms with Crippen LogP contribution in [-0.2, 0) is 0 Å². The largest absolute Gasteiger partial charge is 0.242 e. The van der Waals surface area contributed by atoms with Crippen molar-refractivity contribution in [2.45, 2.75) is 33.6 Å². The van der Waals surface area contributed by atoms with E-state index in [-0.39, 0.29) is 0 Å². The van der Waals surface area contributed by atoms with Gasteiger partial charge in [-0.3, -0.25) is 0 Å². The number of rotatable bonds is 1. The fraction of sp³-hybridized carbons (Fsp3) is 0.455. The second-order valence-corrected chi connectivity index (χ2v) is 3.59. The lowest BCUT2D eigenvalue weighted by molar-refractivity contribution is 0.830. The van der Waals surface area contributed by atoms with Crippen LogP contribution >= 0.6 is 0 Å². The van der Waals surface area contributed by atoms with Gasteiger partial charge in [-0.05, 0) is 37.0 Å². The highest BCUT2D eigenvalue weighted by atomic mass is 14.7. The topological polar surface area (TPSA) is 36.7 Å². The van der Waals surface area contributed by atoms with E-state index >= 15 is 0 Å². The van der Waals surface area contributed by atoms with Crippen molar-refractivity contribution in [1.82, 2.24) is 4.98 Å². The number of hydrogen-bond donors (Lipinski definition) is 0. The number of aryl methyl sites for hydroxylation is 2. The molecule has 2 nitrogen and oxygen atoms in total. The normalized spacial score (nSPS) is 10.2. The molecule has 0 aliphatic heterocycles. The first-order valence-electron chi connectivity index (χ1n) is 4.44. The van der Waals surface area contributed by atoms with Gasteiger partial charge in [-0.15, -0.1) is 0 Å². The fourth-order valence-electron chi connectivity index (χ4n) is 1.77. The van der Waals surface area contributed by atoms with Crippen LogP contribution in [0.4, 0.5) is 0 Å². The summed E-state index contributed by atoms with van der Waals surface area (Å²) >= 11 is 0. The molecule has 0 spiro atoms. The van der Waals surface area contributed by atoms with Crippen molar-refractivity contribution < 1.29 is 0 Å². The van der Waals surface area contributed by atoms with Crippen LogP contribution in [0.1, 0.15) is 42.3 Å². The number of nitriles is 1. The highest BCUT2D eigenvalue weighted by Crippen LogP contribution is 2.21. The molecule has 1 aromatic heterocycles. The van der Waals surface area contributed by atoms with Gasteiger partial charge in [-0.1, -0.05) is 13.8 Å². The third-order valence-corrected chi connectivity index (χ3v) is 2.15. The van der Waals surface area contributed by atoms with E-state index in [1.54, 1.807) is 0 Å². The van der Waals surface area contributed by atoms with Crippen molar-refractivity contribution in [2.75, 3.05) is 0 Å². The van der Waals surface area contributed by atoms with Crippen LogP contribution in [0, 0.1) is 25.2 Å². The third-order valence-electron chi connectivity index (χ3n) is 2.15. The van der Waals surface area contributed by atoms with Crippen molar-refractivity contribution in [3.63, 3.8) is 0 Å². The van der Waals surface area contributed by atoms with Gasteiger partial charge in [-0.25, -0.2) is 4.98 Å². The molecule has 0 unspecified atom stereocenters. The Bertz CT molecular complexity index is 336. The monoisotopic (exact) mass is 174 g/mol. The summed E-state index contributed by atoms with van der Waals surface area (Å²) in [6, 6.07) is 3.91. The standard InChI is InChI=1S/C11H14N2/c1-7(2)11-8(3)5-10(6-12)13-9(11)4/h5,7H,1-4H3. The molecule has 0 radical (unpaired) electrons. The van der Waals surface area contributed by atoms with Gasteiger partial charge in [0.25, 0.3) is 0 Å². The molecule has 0 saturated heterocycles. The zero-order valence-electron chi connectivity index (χ0n) is 8.55. The Morgan fingerprint density at radius 3 is 2.38 bits per heavy atom. The van der Waals surface area contributed by atoms with E-state index in [0.29, 0.717) is 11.6 Å². The number of aromatic nitrogens is 1. The zero-order chi connectivity index (χ0) is 10.0. The lowest BCUT2D eigenvalue weighted by Crippen LogP contribution is -2.00. The second kappa shape index (κ2) is 3.57. The quantitative estimate of drug-likeness (QED) is 0.656. The summed E-state index contributed by atoms with van der Waals surface area (Å²) in [5.41, 5.74) is 3.92. The molecule has 1 heterocycles. The van der Waals surface area contributed by atoms with Crippen LogP contribution < -0.4 is 0 Å². The Hall–Kier alpha value is -1.36. The second-order valence-electron chi connectivity index (χ2n) is 3.59. The van der Waals surface area contributed by atoms with Crippen molar-refractivity contribution in [2.24, 2.45) is 0 Å². The average molecular weight is 174 g/mol. The number of hydrogen-bond acceptors (Lipinski definition) is 2. The third kappa shape index (κ3) is 1.86. The van der Waals surface area contributed by atoms with Crippen molar-refractivity contribution >= 4 is 0 Å². The van der Waals surface area contributed by atoms with Gasteiger partial charge in [0.15, 0.2) is 0 Å². The molecule has 0 aliphatic carbocycles. The molecule has 0 atom stereocenters. The minimum absolute atomic E-state index is 0.472. The molecule has 68 valence electrons. The lowest BCUT2D eigenvalue weighted by Gasteiger charge is -2.12. The van der Waals surface area contributed by atoms with Crippen molar-refractivity contribution in [1.29, 1.82) is 5.26 Å². The maximum absolute atomic E-state index is 8.70. The summed E-state index contributed by atoms with van der Waals surface area (Å²) in [6.07, 6.45) is 0. The fourth-order valence-corrected chi connectivity index (χ4v) is 1.77. The van der Waals surface area contributed by atoms with E-state index in [1.807, 2.05) is 19.9 Å². The Morgan fingerprint density at radius 1 is 1.38 bits per heavy atom. The first-order chi connectivity index (χ1) is 6.06. The Morgan fingerprint density at radius 2 is 2.00 bits per heavy atom. The van der Waals surface area contributed by atoms with Gasteiger partial charge in [0.05, 0.1) is 0 Å². The van der Waals surface area contributed by atoms with Crippen LogP contribution in [0.2, 0.25) is 0 Å². The summed E-state index contributed by atoms with van der Waals surface area (Å²) in [5.74, 6) is 0.472. The lowest BCUT2D eigenvalue weighted by atomic mass is 9.96. The van der Waals surface area contributed by atoms with E-state index in [4.69, 9.17) is 5.26 Å². The maximum Gasteiger partial charge on any atom is 0.141 e. The maximum atomic E-state index is 8.70. The van der Waals surface area contributed by atoms with Gasteiger partial charge < -0.3 is 0 Å². The summed E-state index contributed by atoms with van der Waals surface area (Å²) in [4.78, 5) is 4.21. The van der Waals surface area contributed by atoms with Gasteiger partial charge >= 0.3 is 0 Å². The minimum Gasteiger partial charge on any atom is -0.242 e. The van der Waals surface area contributed by atoms with Gasteiger partial charge in [0.2, 0.25) is 0 Å². The van der Waals surface area contributed by atoms with Gasteiger partial charge in [-0.2, -0.15) is 5.26 Å². The summed E-state index contributed by atoms with van der Waals surface area (Å²) in [5, 5.41) is 8.70. The van der Waals surface area contributed by atoms with Crippen molar-refractivity contribution in [3.8, 4) is 6.07 Å². The summed E-state index contributed by atoms with van der Waals surface area (Å²) < 4.78 is 0. The first kappa shape index (κ1) is 9.73. The average Bonchev–Trinajstić information content (AvgIpc) is 2.02. The van der Waals surface area contributed by atoms with Gasteiger partial charge in [0, 0.05) is 5.69 Å². The molecule has 13 heavy (non-hydrogen) atoms. The van der Waals surface area contributed by atoms with Crippen LogP contribution in [0.15, 0.2) is 6.07 Å². The Kier molecular flexibility index (Phi) is 2.67. The van der Waals surface area contributed by atoms with E-state index < -0.39 is 0 Å². The van der Waals surface area contributed by atoms with Crippen LogP contribution in [0.25, 0.3) is 0 Å². The number of nitrogens with zero attached hydrogens (tertiary/aromatic N) is 2. The molecule has 0 amide bonds. The Balaban J connectivity index is 3.33. The molecule has 1 rings (SSSR count). The highest BCUT2D eigenvalue weighted by molar-refractivity contribution is 5.37. The molecule has 2 heteroatoms. The molecule has 1 aromatic rings. The highest BCUT2D eigenvalue weighted by Gasteiger charge is 2.09. The van der Waals surface area contributed by atoms with Crippen LogP contribution in [0.5, 0.6) is 0 Å². The van der Waals surface area contributed by atoms with Crippen LogP contribution in [0.3, 0.4) is 0 Å². The molecule has 0 aromatic carbocycles. The van der Waals surface area contributed by atoms with Gasteiger partial charge in [0.1, 0.15) is 11.8 Å². The van der Waals surface area contributed by atoms with E-state index in [9.17, 15) is 0 Å². The Labute approximate surface area is 79.2 Å². The molecule has 0 bridgehead atoms.